The molecule has 0 bridgehead atoms. The number of phenolic OH excluding ortho intramolecular Hbond substituents is 1. The van der Waals surface area contributed by atoms with Gasteiger partial charge in [-0.05, 0) is 50.5 Å². The highest BCUT2D eigenvalue weighted by atomic mass is 16.3. The molecule has 1 aliphatic heterocycles. The number of benzene rings is 1. The molecule has 31 heavy (non-hydrogen) atoms. The highest BCUT2D eigenvalue weighted by Crippen LogP contribution is 2.26. The number of carbonyl (C=O) groups is 2. The van der Waals surface area contributed by atoms with E-state index in [1.54, 1.807) is 12.1 Å². The lowest BCUT2D eigenvalue weighted by molar-refractivity contribution is -0.135. The Balaban J connectivity index is 1.43. The minimum absolute atomic E-state index is 0.133. The maximum Gasteiger partial charge on any atom is 0.251 e. The van der Waals surface area contributed by atoms with E-state index >= 15 is 0 Å². The van der Waals surface area contributed by atoms with Crippen LogP contribution in [0.5, 0.6) is 5.75 Å². The van der Waals surface area contributed by atoms with E-state index in [-0.39, 0.29) is 23.6 Å². The number of carbonyl (C=O) groups excluding carboxylic acids is 2. The number of amides is 2. The first-order valence-corrected chi connectivity index (χ1v) is 11.5. The van der Waals surface area contributed by atoms with Gasteiger partial charge in [-0.2, -0.15) is 0 Å². The fourth-order valence-electron chi connectivity index (χ4n) is 4.25. The van der Waals surface area contributed by atoms with E-state index in [9.17, 15) is 14.7 Å². The summed E-state index contributed by atoms with van der Waals surface area (Å²) in [5.74, 6) is 1.18. The molecule has 2 aliphatic rings. The Bertz CT molecular complexity index is 759. The summed E-state index contributed by atoms with van der Waals surface area (Å²) in [5, 5.41) is 18.8. The number of nitrogens with one attached hydrogen (secondary N) is 3. The molecular weight excluding hydrogens is 394 g/mol. The molecule has 3 rings (SSSR count). The normalized spacial score (nSPS) is 19.8. The molecule has 1 heterocycles. The van der Waals surface area contributed by atoms with Crippen LogP contribution in [-0.4, -0.2) is 66.5 Å². The van der Waals surface area contributed by atoms with E-state index in [2.05, 4.69) is 20.9 Å². The van der Waals surface area contributed by atoms with Gasteiger partial charge in [0.25, 0.3) is 5.91 Å². The Kier molecular flexibility index (Phi) is 8.55. The van der Waals surface area contributed by atoms with Crippen molar-refractivity contribution in [1.82, 2.24) is 20.9 Å². The van der Waals surface area contributed by atoms with Crippen LogP contribution in [0.2, 0.25) is 0 Å². The monoisotopic (exact) mass is 429 g/mol. The molecule has 1 saturated heterocycles. The topological polar surface area (TPSA) is 106 Å². The number of hydrogen-bond donors (Lipinski definition) is 4. The molecule has 1 aliphatic carbocycles. The molecule has 1 aromatic carbocycles. The van der Waals surface area contributed by atoms with Crippen LogP contribution in [-0.2, 0) is 4.79 Å². The number of phenols is 1. The molecule has 170 valence electrons. The average Bonchev–Trinajstić information content (AvgIpc) is 3.25. The smallest absolute Gasteiger partial charge is 0.251 e. The summed E-state index contributed by atoms with van der Waals surface area (Å²) in [5.41, 5.74) is 0.500. The van der Waals surface area contributed by atoms with Gasteiger partial charge in [-0.1, -0.05) is 19.3 Å². The van der Waals surface area contributed by atoms with E-state index in [4.69, 9.17) is 0 Å². The molecule has 8 nitrogen and oxygen atoms in total. The second-order valence-electron chi connectivity index (χ2n) is 8.31. The van der Waals surface area contributed by atoms with Crippen molar-refractivity contribution in [2.45, 2.75) is 51.5 Å². The van der Waals surface area contributed by atoms with Gasteiger partial charge in [-0.3, -0.25) is 14.6 Å². The van der Waals surface area contributed by atoms with Crippen molar-refractivity contribution in [2.24, 2.45) is 10.9 Å². The van der Waals surface area contributed by atoms with Gasteiger partial charge in [-0.15, -0.1) is 0 Å². The van der Waals surface area contributed by atoms with Gasteiger partial charge >= 0.3 is 0 Å². The molecule has 0 aromatic heterocycles. The third-order valence-corrected chi connectivity index (χ3v) is 5.94. The number of nitrogens with zero attached hydrogens (tertiary/aromatic N) is 2. The molecule has 4 N–H and O–H groups in total. The fourth-order valence-corrected chi connectivity index (χ4v) is 4.25. The molecular formula is C23H35N5O3. The van der Waals surface area contributed by atoms with Gasteiger partial charge in [0.1, 0.15) is 5.75 Å². The lowest BCUT2D eigenvalue weighted by Gasteiger charge is -2.26. The first-order chi connectivity index (χ1) is 15.1. The van der Waals surface area contributed by atoms with Crippen LogP contribution in [0, 0.1) is 5.92 Å². The van der Waals surface area contributed by atoms with Gasteiger partial charge in [-0.25, -0.2) is 0 Å². The summed E-state index contributed by atoms with van der Waals surface area (Å²) in [6.07, 6.45) is 6.59. The van der Waals surface area contributed by atoms with Gasteiger partial charge in [0, 0.05) is 43.7 Å². The SMILES string of the molecule is CCNC(=NCCNC(=O)c1ccc(O)cc1)NC1CCN(C(=O)C2CCCCC2)C1. The first kappa shape index (κ1) is 22.9. The van der Waals surface area contributed by atoms with Crippen LogP contribution < -0.4 is 16.0 Å². The molecule has 2 amide bonds. The fraction of sp³-hybridized carbons (Fsp3) is 0.609. The third-order valence-electron chi connectivity index (χ3n) is 5.94. The van der Waals surface area contributed by atoms with Crippen molar-refractivity contribution < 1.29 is 14.7 Å². The van der Waals surface area contributed by atoms with Crippen molar-refractivity contribution in [3.63, 3.8) is 0 Å². The predicted molar refractivity (Wildman–Crippen MR) is 121 cm³/mol. The van der Waals surface area contributed by atoms with Crippen molar-refractivity contribution in [3.8, 4) is 5.75 Å². The minimum atomic E-state index is -0.194. The number of rotatable bonds is 7. The molecule has 0 spiro atoms. The van der Waals surface area contributed by atoms with Crippen LogP contribution in [0.25, 0.3) is 0 Å². The minimum Gasteiger partial charge on any atom is -0.508 e. The Hall–Kier alpha value is -2.77. The van der Waals surface area contributed by atoms with E-state index in [0.29, 0.717) is 30.5 Å². The first-order valence-electron chi connectivity index (χ1n) is 11.5. The lowest BCUT2D eigenvalue weighted by atomic mass is 9.88. The Morgan fingerprint density at radius 3 is 2.55 bits per heavy atom. The molecule has 2 fully saturated rings. The van der Waals surface area contributed by atoms with E-state index in [1.807, 2.05) is 11.8 Å². The highest BCUT2D eigenvalue weighted by molar-refractivity contribution is 5.94. The van der Waals surface area contributed by atoms with Crippen molar-refractivity contribution in [3.05, 3.63) is 29.8 Å². The second-order valence-corrected chi connectivity index (χ2v) is 8.31. The van der Waals surface area contributed by atoms with E-state index < -0.39 is 0 Å². The molecule has 1 aromatic rings. The average molecular weight is 430 g/mol. The Labute approximate surface area is 184 Å². The maximum atomic E-state index is 12.8. The van der Waals surface area contributed by atoms with Crippen molar-refractivity contribution >= 4 is 17.8 Å². The largest absolute Gasteiger partial charge is 0.508 e. The molecule has 0 radical (unpaired) electrons. The highest BCUT2D eigenvalue weighted by Gasteiger charge is 2.31. The summed E-state index contributed by atoms with van der Waals surface area (Å²) < 4.78 is 0. The predicted octanol–water partition coefficient (Wildman–Crippen LogP) is 1.86. The Morgan fingerprint density at radius 1 is 1.10 bits per heavy atom. The third kappa shape index (κ3) is 6.87. The summed E-state index contributed by atoms with van der Waals surface area (Å²) in [6, 6.07) is 6.34. The van der Waals surface area contributed by atoms with Gasteiger partial charge < -0.3 is 26.0 Å². The zero-order valence-electron chi connectivity index (χ0n) is 18.4. The van der Waals surface area contributed by atoms with E-state index in [0.717, 1.165) is 38.9 Å². The van der Waals surface area contributed by atoms with Crippen molar-refractivity contribution in [1.29, 1.82) is 0 Å². The number of hydrogen-bond acceptors (Lipinski definition) is 4. The molecule has 1 saturated carbocycles. The molecule has 8 heteroatoms. The van der Waals surface area contributed by atoms with Crippen LogP contribution in [0.15, 0.2) is 29.3 Å². The maximum absolute atomic E-state index is 12.8. The number of guanidine groups is 1. The van der Waals surface area contributed by atoms with Gasteiger partial charge in [0.05, 0.1) is 6.54 Å². The number of likely N-dealkylation sites (tertiary alicyclic amines) is 1. The standard InChI is InChI=1S/C23H35N5O3/c1-2-24-23(26-14-13-25-21(30)17-8-10-20(29)11-9-17)27-19-12-15-28(16-19)22(31)18-6-4-3-5-7-18/h8-11,18-19,29H,2-7,12-16H2,1H3,(H,25,30)(H2,24,26,27). The van der Waals surface area contributed by atoms with Gasteiger partial charge in [0.15, 0.2) is 5.96 Å². The summed E-state index contributed by atoms with van der Waals surface area (Å²) in [6.45, 7) is 5.12. The quantitative estimate of drug-likeness (QED) is 0.301. The molecule has 1 atom stereocenters. The molecule has 1 unspecified atom stereocenters. The summed E-state index contributed by atoms with van der Waals surface area (Å²) in [7, 11) is 0. The lowest BCUT2D eigenvalue weighted by Crippen LogP contribution is -2.46. The van der Waals surface area contributed by atoms with Crippen LogP contribution >= 0.6 is 0 Å². The van der Waals surface area contributed by atoms with Crippen molar-refractivity contribution in [2.75, 3.05) is 32.7 Å². The number of aliphatic imine (C=N–C) groups is 1. The zero-order chi connectivity index (χ0) is 22.1. The Morgan fingerprint density at radius 2 is 1.84 bits per heavy atom. The summed E-state index contributed by atoms with van der Waals surface area (Å²) >= 11 is 0. The van der Waals surface area contributed by atoms with Crippen LogP contribution in [0.4, 0.5) is 0 Å². The van der Waals surface area contributed by atoms with Gasteiger partial charge in [0.2, 0.25) is 5.91 Å². The van der Waals surface area contributed by atoms with Crippen LogP contribution in [0.1, 0.15) is 55.8 Å². The summed E-state index contributed by atoms with van der Waals surface area (Å²) in [4.78, 5) is 31.5. The second kappa shape index (κ2) is 11.6. The zero-order valence-corrected chi connectivity index (χ0v) is 18.4. The van der Waals surface area contributed by atoms with Crippen LogP contribution in [0.3, 0.4) is 0 Å². The number of aromatic hydroxyl groups is 1. The van der Waals surface area contributed by atoms with E-state index in [1.165, 1.54) is 31.4 Å².